The van der Waals surface area contributed by atoms with Gasteiger partial charge in [0.2, 0.25) is 5.91 Å². The number of imidazole rings is 1. The Balaban J connectivity index is 1.45. The molecule has 0 spiro atoms. The van der Waals surface area contributed by atoms with Crippen LogP contribution >= 0.6 is 0 Å². The average Bonchev–Trinajstić information content (AvgIpc) is 3.55. The number of ether oxygens (including phenoxy) is 1. The van der Waals surface area contributed by atoms with Crippen molar-refractivity contribution in [3.8, 4) is 17.1 Å². The Labute approximate surface area is 210 Å². The molecule has 0 bridgehead atoms. The summed E-state index contributed by atoms with van der Waals surface area (Å²) in [5.74, 6) is 2.38. The Morgan fingerprint density at radius 1 is 1.11 bits per heavy atom. The third kappa shape index (κ3) is 4.62. The molecule has 0 atom stereocenters. The van der Waals surface area contributed by atoms with Crippen LogP contribution in [-0.2, 0) is 24.8 Å². The first kappa shape index (κ1) is 23.8. The zero-order valence-corrected chi connectivity index (χ0v) is 21.3. The van der Waals surface area contributed by atoms with E-state index in [1.807, 2.05) is 47.2 Å². The summed E-state index contributed by atoms with van der Waals surface area (Å²) in [5, 5.41) is 8.05. The SMILES string of the molecule is COc1ccc(CCNc2nc(-c3c(C)nn(C)c3C)nc3c2ncn3CCN2CCCC2=O)cc1. The van der Waals surface area contributed by atoms with E-state index < -0.39 is 0 Å². The molecule has 0 aliphatic carbocycles. The van der Waals surface area contributed by atoms with Crippen molar-refractivity contribution in [2.75, 3.05) is 32.1 Å². The molecule has 36 heavy (non-hydrogen) atoms. The van der Waals surface area contributed by atoms with Crippen molar-refractivity contribution in [2.24, 2.45) is 7.05 Å². The molecule has 1 aromatic carbocycles. The quantitative estimate of drug-likeness (QED) is 0.386. The van der Waals surface area contributed by atoms with Crippen LogP contribution in [0, 0.1) is 13.8 Å². The molecule has 4 heterocycles. The highest BCUT2D eigenvalue weighted by Gasteiger charge is 2.22. The van der Waals surface area contributed by atoms with Gasteiger partial charge in [0, 0.05) is 45.3 Å². The number of benzene rings is 1. The summed E-state index contributed by atoms with van der Waals surface area (Å²) in [5.41, 5.74) is 5.49. The van der Waals surface area contributed by atoms with Gasteiger partial charge in [0.1, 0.15) is 11.3 Å². The zero-order valence-electron chi connectivity index (χ0n) is 21.3. The maximum Gasteiger partial charge on any atom is 0.222 e. The molecule has 5 rings (SSSR count). The molecule has 0 radical (unpaired) electrons. The lowest BCUT2D eigenvalue weighted by Crippen LogP contribution is -2.28. The van der Waals surface area contributed by atoms with Gasteiger partial charge >= 0.3 is 0 Å². The molecule has 10 heteroatoms. The third-order valence-electron chi connectivity index (χ3n) is 6.84. The Morgan fingerprint density at radius 2 is 1.92 bits per heavy atom. The smallest absolute Gasteiger partial charge is 0.222 e. The maximum atomic E-state index is 12.1. The van der Waals surface area contributed by atoms with Crippen LogP contribution in [0.2, 0.25) is 0 Å². The molecule has 1 saturated heterocycles. The lowest BCUT2D eigenvalue weighted by Gasteiger charge is -2.16. The summed E-state index contributed by atoms with van der Waals surface area (Å²) in [6.45, 7) is 6.79. The van der Waals surface area contributed by atoms with Gasteiger partial charge in [-0.05, 0) is 44.4 Å². The summed E-state index contributed by atoms with van der Waals surface area (Å²) < 4.78 is 9.12. The highest BCUT2D eigenvalue weighted by molar-refractivity contribution is 5.85. The van der Waals surface area contributed by atoms with Crippen molar-refractivity contribution in [2.45, 2.75) is 39.7 Å². The van der Waals surface area contributed by atoms with Gasteiger partial charge in [0.05, 0.1) is 24.7 Å². The number of likely N-dealkylation sites (tertiary alicyclic amines) is 1. The van der Waals surface area contributed by atoms with Crippen LogP contribution in [0.1, 0.15) is 29.8 Å². The van der Waals surface area contributed by atoms with Gasteiger partial charge in [-0.1, -0.05) is 12.1 Å². The van der Waals surface area contributed by atoms with Crippen LogP contribution in [0.3, 0.4) is 0 Å². The van der Waals surface area contributed by atoms with Gasteiger partial charge in [-0.2, -0.15) is 5.10 Å². The fraction of sp³-hybridized carbons (Fsp3) is 0.423. The van der Waals surface area contributed by atoms with Crippen LogP contribution < -0.4 is 10.1 Å². The predicted molar refractivity (Wildman–Crippen MR) is 138 cm³/mol. The highest BCUT2D eigenvalue weighted by Crippen LogP contribution is 2.28. The number of aromatic nitrogens is 6. The number of carbonyl (C=O) groups excluding carboxylic acids is 1. The Kier molecular flexibility index (Phi) is 6.58. The summed E-state index contributed by atoms with van der Waals surface area (Å²) in [6, 6.07) is 8.07. The predicted octanol–water partition coefficient (Wildman–Crippen LogP) is 3.13. The van der Waals surface area contributed by atoms with Crippen molar-refractivity contribution >= 4 is 22.9 Å². The number of aryl methyl sites for hydroxylation is 2. The molecule has 1 aliphatic rings. The summed E-state index contributed by atoms with van der Waals surface area (Å²) in [6.07, 6.45) is 4.19. The number of amides is 1. The minimum absolute atomic E-state index is 0.220. The van der Waals surface area contributed by atoms with Crippen LogP contribution in [0.25, 0.3) is 22.6 Å². The molecule has 1 fully saturated rings. The van der Waals surface area contributed by atoms with E-state index in [1.54, 1.807) is 13.4 Å². The van der Waals surface area contributed by atoms with Crippen molar-refractivity contribution < 1.29 is 9.53 Å². The number of hydrogen-bond acceptors (Lipinski definition) is 7. The average molecular weight is 489 g/mol. The summed E-state index contributed by atoms with van der Waals surface area (Å²) in [7, 11) is 3.60. The number of rotatable bonds is 9. The fourth-order valence-electron chi connectivity index (χ4n) is 4.73. The van der Waals surface area contributed by atoms with Gasteiger partial charge in [0.25, 0.3) is 0 Å². The number of carbonyl (C=O) groups is 1. The van der Waals surface area contributed by atoms with Crippen molar-refractivity contribution in [3.05, 3.63) is 47.5 Å². The fourth-order valence-corrected chi connectivity index (χ4v) is 4.73. The topological polar surface area (TPSA) is 103 Å². The summed E-state index contributed by atoms with van der Waals surface area (Å²) in [4.78, 5) is 28.5. The largest absolute Gasteiger partial charge is 0.497 e. The van der Waals surface area contributed by atoms with Crippen molar-refractivity contribution in [1.29, 1.82) is 0 Å². The number of anilines is 1. The monoisotopic (exact) mass is 488 g/mol. The number of fused-ring (bicyclic) bond motifs is 1. The van der Waals surface area contributed by atoms with Crippen LogP contribution in [0.15, 0.2) is 30.6 Å². The van der Waals surface area contributed by atoms with Gasteiger partial charge in [-0.15, -0.1) is 0 Å². The minimum atomic E-state index is 0.220. The van der Waals surface area contributed by atoms with E-state index in [0.29, 0.717) is 37.7 Å². The number of nitrogens with one attached hydrogen (secondary N) is 1. The van der Waals surface area contributed by atoms with Crippen LogP contribution in [-0.4, -0.2) is 66.9 Å². The number of hydrogen-bond donors (Lipinski definition) is 1. The second-order valence-electron chi connectivity index (χ2n) is 9.18. The third-order valence-corrected chi connectivity index (χ3v) is 6.84. The Hall–Kier alpha value is -3.95. The molecule has 188 valence electrons. The first-order valence-electron chi connectivity index (χ1n) is 12.3. The van der Waals surface area contributed by atoms with Crippen LogP contribution in [0.5, 0.6) is 5.75 Å². The minimum Gasteiger partial charge on any atom is -0.497 e. The molecule has 0 saturated carbocycles. The van der Waals surface area contributed by atoms with Gasteiger partial charge in [0.15, 0.2) is 17.3 Å². The van der Waals surface area contributed by atoms with E-state index in [4.69, 9.17) is 14.7 Å². The lowest BCUT2D eigenvalue weighted by atomic mass is 10.1. The molecule has 10 nitrogen and oxygen atoms in total. The van der Waals surface area contributed by atoms with Crippen molar-refractivity contribution in [1.82, 2.24) is 34.2 Å². The molecule has 4 aromatic rings. The number of methoxy groups -OCH3 is 1. The van der Waals surface area contributed by atoms with Crippen LogP contribution in [0.4, 0.5) is 5.82 Å². The first-order valence-corrected chi connectivity index (χ1v) is 12.3. The molecular weight excluding hydrogens is 456 g/mol. The van der Waals surface area contributed by atoms with Gasteiger partial charge < -0.3 is 19.5 Å². The maximum absolute atomic E-state index is 12.1. The lowest BCUT2D eigenvalue weighted by molar-refractivity contribution is -0.127. The molecule has 3 aromatic heterocycles. The van der Waals surface area contributed by atoms with E-state index in [2.05, 4.69) is 27.5 Å². The van der Waals surface area contributed by atoms with Crippen molar-refractivity contribution in [3.63, 3.8) is 0 Å². The second-order valence-corrected chi connectivity index (χ2v) is 9.18. The normalized spacial score (nSPS) is 13.7. The molecule has 1 N–H and O–H groups in total. The number of nitrogens with zero attached hydrogens (tertiary/aromatic N) is 7. The van der Waals surface area contributed by atoms with E-state index in [1.165, 1.54) is 5.56 Å². The molecular formula is C26H32N8O2. The summed E-state index contributed by atoms with van der Waals surface area (Å²) >= 11 is 0. The molecule has 1 amide bonds. The highest BCUT2D eigenvalue weighted by atomic mass is 16.5. The zero-order chi connectivity index (χ0) is 25.2. The second kappa shape index (κ2) is 9.96. The molecule has 1 aliphatic heterocycles. The molecule has 0 unspecified atom stereocenters. The van der Waals surface area contributed by atoms with E-state index in [0.717, 1.165) is 53.3 Å². The van der Waals surface area contributed by atoms with E-state index in [9.17, 15) is 4.79 Å². The van der Waals surface area contributed by atoms with E-state index >= 15 is 0 Å². The first-order chi connectivity index (χ1) is 17.4. The standard InChI is InChI=1S/C26H32N8O2/c1-17-22(18(2)32(3)31-17)24-29-25(27-12-11-19-7-9-20(36-4)10-8-19)23-26(30-24)34(16-28-23)15-14-33-13-5-6-21(33)35/h7-10,16H,5-6,11-15H2,1-4H3,(H,27,29,30). The Morgan fingerprint density at radius 3 is 2.58 bits per heavy atom. The Bertz CT molecular complexity index is 1390. The van der Waals surface area contributed by atoms with E-state index in [-0.39, 0.29) is 5.91 Å². The van der Waals surface area contributed by atoms with Gasteiger partial charge in [-0.3, -0.25) is 9.48 Å². The van der Waals surface area contributed by atoms with Gasteiger partial charge in [-0.25, -0.2) is 15.0 Å².